The van der Waals surface area contributed by atoms with Crippen molar-refractivity contribution in [3.8, 4) is 5.75 Å². The van der Waals surface area contributed by atoms with E-state index in [9.17, 15) is 9.59 Å². The van der Waals surface area contributed by atoms with Crippen LogP contribution >= 0.6 is 0 Å². The number of ether oxygens (including phenoxy) is 1. The Hall–Kier alpha value is -2.04. The molecule has 2 amide bonds. The summed E-state index contributed by atoms with van der Waals surface area (Å²) in [5, 5.41) is 0. The minimum absolute atomic E-state index is 0.133. The van der Waals surface area contributed by atoms with Gasteiger partial charge in [0.15, 0.2) is 0 Å². The van der Waals surface area contributed by atoms with Crippen LogP contribution < -0.4 is 4.74 Å². The van der Waals surface area contributed by atoms with Crippen LogP contribution in [0.4, 0.5) is 0 Å². The van der Waals surface area contributed by atoms with Crippen LogP contribution in [-0.4, -0.2) is 54.4 Å². The van der Waals surface area contributed by atoms with Crippen LogP contribution in [-0.2, 0) is 15.0 Å². The highest BCUT2D eigenvalue weighted by Gasteiger charge is 2.24. The van der Waals surface area contributed by atoms with Gasteiger partial charge in [0.05, 0.1) is 6.61 Å². The molecule has 156 valence electrons. The molecule has 0 spiro atoms. The number of rotatable bonds is 7. The van der Waals surface area contributed by atoms with E-state index >= 15 is 0 Å². The summed E-state index contributed by atoms with van der Waals surface area (Å²) in [4.78, 5) is 28.3. The molecular weight excluding hydrogens is 352 g/mol. The Bertz CT molecular complexity index is 639. The molecule has 0 N–H and O–H groups in total. The van der Waals surface area contributed by atoms with Crippen molar-refractivity contribution >= 4 is 11.8 Å². The topological polar surface area (TPSA) is 49.9 Å². The number of benzene rings is 1. The van der Waals surface area contributed by atoms with Crippen molar-refractivity contribution in [1.82, 2.24) is 9.80 Å². The van der Waals surface area contributed by atoms with E-state index in [0.29, 0.717) is 58.0 Å². The average molecular weight is 389 g/mol. The first-order valence-corrected chi connectivity index (χ1v) is 10.5. The monoisotopic (exact) mass is 388 g/mol. The minimum atomic E-state index is 0.133. The van der Waals surface area contributed by atoms with Crippen LogP contribution in [0.15, 0.2) is 24.3 Å². The van der Waals surface area contributed by atoms with Gasteiger partial charge in [-0.1, -0.05) is 46.8 Å². The summed E-state index contributed by atoms with van der Waals surface area (Å²) in [5.41, 5.74) is 1.41. The lowest BCUT2D eigenvalue weighted by Gasteiger charge is -2.35. The number of carbonyl (C=O) groups is 2. The Balaban J connectivity index is 1.66. The van der Waals surface area contributed by atoms with Gasteiger partial charge in [-0.25, -0.2) is 0 Å². The summed E-state index contributed by atoms with van der Waals surface area (Å²) in [6.07, 6.45) is 1.77. The van der Waals surface area contributed by atoms with Crippen LogP contribution in [0.1, 0.15) is 59.4 Å². The van der Waals surface area contributed by atoms with Gasteiger partial charge in [0, 0.05) is 39.0 Å². The van der Waals surface area contributed by atoms with Crippen molar-refractivity contribution < 1.29 is 14.3 Å². The molecule has 28 heavy (non-hydrogen) atoms. The highest BCUT2D eigenvalue weighted by Crippen LogP contribution is 2.24. The number of amides is 2. The number of nitrogens with zero attached hydrogens (tertiary/aromatic N) is 2. The second kappa shape index (κ2) is 9.94. The molecule has 1 aliphatic rings. The normalized spacial score (nSPS) is 15.1. The zero-order chi connectivity index (χ0) is 20.7. The molecule has 0 aromatic heterocycles. The van der Waals surface area contributed by atoms with E-state index in [2.05, 4.69) is 46.8 Å². The first-order valence-electron chi connectivity index (χ1n) is 10.5. The highest BCUT2D eigenvalue weighted by molar-refractivity contribution is 5.78. The van der Waals surface area contributed by atoms with Gasteiger partial charge in [-0.15, -0.1) is 0 Å². The second-order valence-corrected chi connectivity index (χ2v) is 9.09. The first kappa shape index (κ1) is 22.3. The zero-order valence-corrected chi connectivity index (χ0v) is 18.2. The molecule has 1 fully saturated rings. The van der Waals surface area contributed by atoms with Crippen molar-refractivity contribution in [2.45, 2.75) is 59.3 Å². The molecule has 5 nitrogen and oxygen atoms in total. The molecule has 2 rings (SSSR count). The third kappa shape index (κ3) is 6.84. The maximum Gasteiger partial charge on any atom is 0.222 e. The fourth-order valence-electron chi connectivity index (χ4n) is 3.31. The SMILES string of the molecule is CC(C)CC(=O)N1CCN(C(=O)CCCOc2ccc(C(C)(C)C)cc2)CC1. The van der Waals surface area contributed by atoms with E-state index in [0.717, 1.165) is 5.75 Å². The summed E-state index contributed by atoms with van der Waals surface area (Å²) >= 11 is 0. The zero-order valence-electron chi connectivity index (χ0n) is 18.2. The largest absolute Gasteiger partial charge is 0.494 e. The molecule has 1 saturated heterocycles. The third-order valence-electron chi connectivity index (χ3n) is 5.09. The predicted molar refractivity (Wildman–Crippen MR) is 112 cm³/mol. The van der Waals surface area contributed by atoms with Gasteiger partial charge in [0.2, 0.25) is 11.8 Å². The highest BCUT2D eigenvalue weighted by atomic mass is 16.5. The van der Waals surface area contributed by atoms with Crippen molar-refractivity contribution in [3.63, 3.8) is 0 Å². The Morgan fingerprint density at radius 1 is 0.964 bits per heavy atom. The molecule has 0 unspecified atom stereocenters. The molecule has 1 aliphatic heterocycles. The quantitative estimate of drug-likeness (QED) is 0.667. The Morgan fingerprint density at radius 3 is 2.00 bits per heavy atom. The maximum absolute atomic E-state index is 12.4. The molecule has 5 heteroatoms. The summed E-state index contributed by atoms with van der Waals surface area (Å²) in [6, 6.07) is 8.19. The average Bonchev–Trinajstić information content (AvgIpc) is 2.64. The predicted octanol–water partition coefficient (Wildman–Crippen LogP) is 3.86. The Morgan fingerprint density at radius 2 is 1.50 bits per heavy atom. The van der Waals surface area contributed by atoms with E-state index in [1.807, 2.05) is 21.9 Å². The first-order chi connectivity index (χ1) is 13.2. The van der Waals surface area contributed by atoms with Crippen LogP contribution in [0.25, 0.3) is 0 Å². The standard InChI is InChI=1S/C23H36N2O3/c1-18(2)17-22(27)25-14-12-24(13-15-25)21(26)7-6-16-28-20-10-8-19(9-11-20)23(3,4)5/h8-11,18H,6-7,12-17H2,1-5H3. The molecule has 1 aromatic carbocycles. The molecule has 0 bridgehead atoms. The van der Waals surface area contributed by atoms with Gasteiger partial charge in [0.25, 0.3) is 0 Å². The van der Waals surface area contributed by atoms with Gasteiger partial charge in [0.1, 0.15) is 5.75 Å². The lowest BCUT2D eigenvalue weighted by atomic mass is 9.87. The molecular formula is C23H36N2O3. The van der Waals surface area contributed by atoms with Crippen molar-refractivity contribution in [2.75, 3.05) is 32.8 Å². The summed E-state index contributed by atoms with van der Waals surface area (Å²) in [5.74, 6) is 1.57. The van der Waals surface area contributed by atoms with Gasteiger partial charge in [-0.3, -0.25) is 9.59 Å². The van der Waals surface area contributed by atoms with Gasteiger partial charge >= 0.3 is 0 Å². The number of carbonyl (C=O) groups excluding carboxylic acids is 2. The van der Waals surface area contributed by atoms with E-state index in [-0.39, 0.29) is 17.2 Å². The van der Waals surface area contributed by atoms with Gasteiger partial charge in [-0.2, -0.15) is 0 Å². The van der Waals surface area contributed by atoms with Crippen LogP contribution in [0, 0.1) is 5.92 Å². The molecule has 0 aliphatic carbocycles. The fraction of sp³-hybridized carbons (Fsp3) is 0.652. The van der Waals surface area contributed by atoms with Crippen LogP contribution in [0.3, 0.4) is 0 Å². The second-order valence-electron chi connectivity index (χ2n) is 9.09. The number of hydrogen-bond acceptors (Lipinski definition) is 3. The van der Waals surface area contributed by atoms with Crippen LogP contribution in [0.2, 0.25) is 0 Å². The van der Waals surface area contributed by atoms with E-state index in [1.165, 1.54) is 5.56 Å². The van der Waals surface area contributed by atoms with Crippen molar-refractivity contribution in [2.24, 2.45) is 5.92 Å². The van der Waals surface area contributed by atoms with Gasteiger partial charge < -0.3 is 14.5 Å². The molecule has 0 radical (unpaired) electrons. The van der Waals surface area contributed by atoms with Crippen molar-refractivity contribution in [3.05, 3.63) is 29.8 Å². The maximum atomic E-state index is 12.4. The Kier molecular flexibility index (Phi) is 7.90. The lowest BCUT2D eigenvalue weighted by Crippen LogP contribution is -2.50. The Labute approximate surface area is 170 Å². The number of piperazine rings is 1. The molecule has 0 atom stereocenters. The third-order valence-corrected chi connectivity index (χ3v) is 5.09. The summed E-state index contributed by atoms with van der Waals surface area (Å²) in [7, 11) is 0. The smallest absolute Gasteiger partial charge is 0.222 e. The minimum Gasteiger partial charge on any atom is -0.494 e. The van der Waals surface area contributed by atoms with Crippen LogP contribution in [0.5, 0.6) is 5.75 Å². The molecule has 0 saturated carbocycles. The van der Waals surface area contributed by atoms with E-state index < -0.39 is 0 Å². The fourth-order valence-corrected chi connectivity index (χ4v) is 3.31. The summed E-state index contributed by atoms with van der Waals surface area (Å²) in [6.45, 7) is 13.8. The number of hydrogen-bond donors (Lipinski definition) is 0. The van der Waals surface area contributed by atoms with Crippen molar-refractivity contribution in [1.29, 1.82) is 0 Å². The van der Waals surface area contributed by atoms with Gasteiger partial charge in [-0.05, 0) is 35.4 Å². The summed E-state index contributed by atoms with van der Waals surface area (Å²) < 4.78 is 5.77. The van der Waals surface area contributed by atoms with E-state index in [1.54, 1.807) is 0 Å². The lowest BCUT2D eigenvalue weighted by molar-refractivity contribution is -0.140. The molecule has 1 aromatic rings. The van der Waals surface area contributed by atoms with E-state index in [4.69, 9.17) is 4.74 Å². The molecule has 1 heterocycles.